The Morgan fingerprint density at radius 2 is 1.63 bits per heavy atom. The second-order valence-corrected chi connectivity index (χ2v) is 8.03. The molecule has 30 heavy (non-hydrogen) atoms. The highest BCUT2D eigenvalue weighted by Gasteiger charge is 2.42. The van der Waals surface area contributed by atoms with Crippen LogP contribution in [0, 0.1) is 13.8 Å². The number of aliphatic imine (C=N–C) groups is 2. The summed E-state index contributed by atoms with van der Waals surface area (Å²) >= 11 is 0. The molecule has 0 atom stereocenters. The van der Waals surface area contributed by atoms with Gasteiger partial charge in [0.25, 0.3) is 0 Å². The molecule has 2 heterocycles. The minimum Gasteiger partial charge on any atom is -0.369 e. The van der Waals surface area contributed by atoms with Crippen molar-refractivity contribution in [3.8, 4) is 0 Å². The van der Waals surface area contributed by atoms with Gasteiger partial charge in [-0.2, -0.15) is 4.99 Å². The molecule has 2 aromatic rings. The lowest BCUT2D eigenvalue weighted by molar-refractivity contribution is 0.305. The zero-order valence-electron chi connectivity index (χ0n) is 18.0. The zero-order chi connectivity index (χ0) is 21.3. The second-order valence-electron chi connectivity index (χ2n) is 8.03. The molecule has 4 rings (SSSR count). The van der Waals surface area contributed by atoms with Crippen molar-refractivity contribution in [1.29, 1.82) is 0 Å². The standard InChI is InChI=1S/C22H30N8/c1-4-29(21-25-15(2)14-16(3)26-21)17-8-10-18(11-9-17)30-20(24)27-19(23)28-22(30)12-6-5-7-13-22/h8-11,14H,4-7,12-13H2,1-3H3,(H4,23,24,27,28). The first-order valence-electron chi connectivity index (χ1n) is 10.6. The van der Waals surface area contributed by atoms with Crippen molar-refractivity contribution in [2.45, 2.75) is 58.5 Å². The lowest BCUT2D eigenvalue weighted by Crippen LogP contribution is -2.58. The molecule has 1 spiro atoms. The van der Waals surface area contributed by atoms with Gasteiger partial charge in [0.15, 0.2) is 0 Å². The van der Waals surface area contributed by atoms with Gasteiger partial charge in [0.05, 0.1) is 0 Å². The molecule has 2 aliphatic rings. The summed E-state index contributed by atoms with van der Waals surface area (Å²) in [6.07, 6.45) is 5.26. The van der Waals surface area contributed by atoms with Crippen LogP contribution >= 0.6 is 0 Å². The molecule has 0 saturated heterocycles. The van der Waals surface area contributed by atoms with Crippen LogP contribution in [0.25, 0.3) is 0 Å². The predicted molar refractivity (Wildman–Crippen MR) is 122 cm³/mol. The summed E-state index contributed by atoms with van der Waals surface area (Å²) in [4.78, 5) is 22.4. The largest absolute Gasteiger partial charge is 0.369 e. The summed E-state index contributed by atoms with van der Waals surface area (Å²) in [6.45, 7) is 6.84. The molecule has 1 fully saturated rings. The fourth-order valence-electron chi connectivity index (χ4n) is 4.54. The van der Waals surface area contributed by atoms with Gasteiger partial charge in [-0.1, -0.05) is 6.42 Å². The van der Waals surface area contributed by atoms with Crippen LogP contribution in [0.4, 0.5) is 17.3 Å². The van der Waals surface area contributed by atoms with E-state index in [1.165, 1.54) is 6.42 Å². The van der Waals surface area contributed by atoms with E-state index in [4.69, 9.17) is 16.5 Å². The van der Waals surface area contributed by atoms with E-state index in [9.17, 15) is 0 Å². The van der Waals surface area contributed by atoms with Crippen molar-refractivity contribution in [2.24, 2.45) is 21.5 Å². The van der Waals surface area contributed by atoms with Crippen LogP contribution in [0.5, 0.6) is 0 Å². The molecule has 4 N–H and O–H groups in total. The minimum atomic E-state index is -0.434. The maximum atomic E-state index is 6.34. The highest BCUT2D eigenvalue weighted by molar-refractivity contribution is 6.05. The Labute approximate surface area is 177 Å². The number of hydrogen-bond acceptors (Lipinski definition) is 8. The summed E-state index contributed by atoms with van der Waals surface area (Å²) in [7, 11) is 0. The third kappa shape index (κ3) is 3.69. The van der Waals surface area contributed by atoms with E-state index in [1.54, 1.807) is 0 Å². The number of aryl methyl sites for hydroxylation is 2. The first-order valence-corrected chi connectivity index (χ1v) is 10.6. The molecule has 0 unspecified atom stereocenters. The Morgan fingerprint density at radius 3 is 2.23 bits per heavy atom. The molecule has 158 valence electrons. The van der Waals surface area contributed by atoms with E-state index in [2.05, 4.69) is 55.9 Å². The normalized spacial score (nSPS) is 18.2. The fraction of sp³-hybridized carbons (Fsp3) is 0.455. The quantitative estimate of drug-likeness (QED) is 0.806. The number of rotatable bonds is 4. The zero-order valence-corrected chi connectivity index (χ0v) is 18.0. The van der Waals surface area contributed by atoms with Crippen LogP contribution in [-0.2, 0) is 0 Å². The first-order chi connectivity index (χ1) is 14.4. The van der Waals surface area contributed by atoms with Crippen LogP contribution in [0.15, 0.2) is 40.3 Å². The topological polar surface area (TPSA) is 109 Å². The molecular weight excluding hydrogens is 376 g/mol. The maximum Gasteiger partial charge on any atom is 0.230 e. The molecule has 8 nitrogen and oxygen atoms in total. The highest BCUT2D eigenvalue weighted by Crippen LogP contribution is 2.40. The number of anilines is 3. The van der Waals surface area contributed by atoms with E-state index in [0.717, 1.165) is 55.0 Å². The van der Waals surface area contributed by atoms with Crippen molar-refractivity contribution in [3.05, 3.63) is 41.7 Å². The van der Waals surface area contributed by atoms with E-state index >= 15 is 0 Å². The van der Waals surface area contributed by atoms with Crippen molar-refractivity contribution < 1.29 is 0 Å². The summed E-state index contributed by atoms with van der Waals surface area (Å²) in [5, 5.41) is 0. The first kappa shape index (κ1) is 20.1. The number of hydrogen-bond donors (Lipinski definition) is 2. The highest BCUT2D eigenvalue weighted by atomic mass is 15.4. The average molecular weight is 407 g/mol. The Morgan fingerprint density at radius 1 is 1.00 bits per heavy atom. The van der Waals surface area contributed by atoms with Gasteiger partial charge in [0, 0.05) is 29.3 Å². The van der Waals surface area contributed by atoms with Gasteiger partial charge in [0.1, 0.15) is 5.66 Å². The van der Waals surface area contributed by atoms with E-state index in [-0.39, 0.29) is 5.96 Å². The number of benzene rings is 1. The third-order valence-corrected chi connectivity index (χ3v) is 5.80. The lowest BCUT2D eigenvalue weighted by Gasteiger charge is -2.45. The van der Waals surface area contributed by atoms with Gasteiger partial charge in [-0.3, -0.25) is 4.90 Å². The number of aromatic nitrogens is 2. The number of nitrogens with two attached hydrogens (primary N) is 2. The van der Waals surface area contributed by atoms with E-state index in [1.807, 2.05) is 19.9 Å². The van der Waals surface area contributed by atoms with Gasteiger partial charge in [-0.25, -0.2) is 15.0 Å². The molecule has 0 radical (unpaired) electrons. The second kappa shape index (κ2) is 7.93. The molecule has 1 aromatic heterocycles. The summed E-state index contributed by atoms with van der Waals surface area (Å²) in [6, 6.07) is 10.3. The van der Waals surface area contributed by atoms with Gasteiger partial charge in [0.2, 0.25) is 17.9 Å². The summed E-state index contributed by atoms with van der Waals surface area (Å²) in [5.74, 6) is 1.39. The van der Waals surface area contributed by atoms with Crippen molar-refractivity contribution in [1.82, 2.24) is 9.97 Å². The molecule has 1 saturated carbocycles. The third-order valence-electron chi connectivity index (χ3n) is 5.80. The van der Waals surface area contributed by atoms with Crippen molar-refractivity contribution in [3.63, 3.8) is 0 Å². The van der Waals surface area contributed by atoms with Gasteiger partial charge >= 0.3 is 0 Å². The van der Waals surface area contributed by atoms with Gasteiger partial charge < -0.3 is 16.4 Å². The Kier molecular flexibility index (Phi) is 5.32. The monoisotopic (exact) mass is 406 g/mol. The van der Waals surface area contributed by atoms with Crippen molar-refractivity contribution >= 4 is 29.2 Å². The Bertz CT molecular complexity index is 953. The Balaban J connectivity index is 1.67. The molecule has 0 bridgehead atoms. The van der Waals surface area contributed by atoms with Crippen LogP contribution in [-0.4, -0.2) is 34.1 Å². The average Bonchev–Trinajstić information content (AvgIpc) is 2.69. The fourth-order valence-corrected chi connectivity index (χ4v) is 4.54. The molecule has 8 heteroatoms. The predicted octanol–water partition coefficient (Wildman–Crippen LogP) is 3.36. The number of nitrogens with zero attached hydrogens (tertiary/aromatic N) is 6. The van der Waals surface area contributed by atoms with Gasteiger partial charge in [-0.15, -0.1) is 0 Å². The molecule has 1 aliphatic heterocycles. The summed E-state index contributed by atoms with van der Waals surface area (Å²) < 4.78 is 0. The molecule has 1 aliphatic carbocycles. The number of guanidine groups is 2. The van der Waals surface area contributed by atoms with Crippen LogP contribution in [0.2, 0.25) is 0 Å². The Hall–Kier alpha value is -3.16. The maximum absolute atomic E-state index is 6.34. The lowest BCUT2D eigenvalue weighted by atomic mass is 9.87. The summed E-state index contributed by atoms with van der Waals surface area (Å²) in [5.41, 5.74) is 15.8. The van der Waals surface area contributed by atoms with Crippen LogP contribution in [0.1, 0.15) is 50.4 Å². The van der Waals surface area contributed by atoms with Crippen LogP contribution in [0.3, 0.4) is 0 Å². The van der Waals surface area contributed by atoms with E-state index in [0.29, 0.717) is 11.9 Å². The molecule has 1 aromatic carbocycles. The van der Waals surface area contributed by atoms with Gasteiger partial charge in [-0.05, 0) is 76.8 Å². The smallest absolute Gasteiger partial charge is 0.230 e. The minimum absolute atomic E-state index is 0.270. The molecule has 0 amide bonds. The molecular formula is C22H30N8. The van der Waals surface area contributed by atoms with Crippen molar-refractivity contribution in [2.75, 3.05) is 16.3 Å². The van der Waals surface area contributed by atoms with Crippen LogP contribution < -0.4 is 21.3 Å². The SMILES string of the molecule is CCN(c1ccc(N2C(N)=NC(N)=NC23CCCCC3)cc1)c1nc(C)cc(C)n1. The van der Waals surface area contributed by atoms with E-state index < -0.39 is 5.66 Å².